The molecule has 2 N–H and O–H groups in total. The zero-order valence-corrected chi connectivity index (χ0v) is 14.4. The van der Waals surface area contributed by atoms with Crippen molar-refractivity contribution in [3.05, 3.63) is 41.1 Å². The van der Waals surface area contributed by atoms with Crippen LogP contribution >= 0.6 is 15.9 Å². The van der Waals surface area contributed by atoms with Crippen molar-refractivity contribution in [2.75, 3.05) is 18.4 Å². The Kier molecular flexibility index (Phi) is 4.84. The van der Waals surface area contributed by atoms with E-state index in [4.69, 9.17) is 5.11 Å². The van der Waals surface area contributed by atoms with Gasteiger partial charge in [0, 0.05) is 30.0 Å². The number of amides is 2. The van der Waals surface area contributed by atoms with Crippen LogP contribution in [0.3, 0.4) is 0 Å². The van der Waals surface area contributed by atoms with Gasteiger partial charge in [-0.15, -0.1) is 0 Å². The molecule has 0 radical (unpaired) electrons. The number of aromatic nitrogens is 2. The minimum Gasteiger partial charge on any atom is -0.481 e. The molecule has 2 heterocycles. The van der Waals surface area contributed by atoms with Crippen molar-refractivity contribution in [2.45, 2.75) is 12.8 Å². The lowest BCUT2D eigenvalue weighted by molar-refractivity contribution is -0.143. The molecule has 1 aromatic carbocycles. The number of carbonyl (C=O) groups excluding carboxylic acids is 1. The minimum absolute atomic E-state index is 0.231. The highest BCUT2D eigenvalue weighted by molar-refractivity contribution is 9.10. The van der Waals surface area contributed by atoms with Crippen LogP contribution in [0, 0.1) is 5.92 Å². The molecule has 1 saturated heterocycles. The minimum atomic E-state index is -0.789. The molecule has 7 nitrogen and oxygen atoms in total. The number of nitrogens with one attached hydrogen (secondary N) is 1. The van der Waals surface area contributed by atoms with E-state index in [1.165, 1.54) is 0 Å². The second-order valence-electron chi connectivity index (χ2n) is 5.64. The molecule has 0 saturated carbocycles. The fraction of sp³-hybridized carbons (Fsp3) is 0.312. The van der Waals surface area contributed by atoms with E-state index in [1.54, 1.807) is 22.0 Å². The van der Waals surface area contributed by atoms with E-state index in [-0.39, 0.29) is 11.9 Å². The summed E-state index contributed by atoms with van der Waals surface area (Å²) in [5.74, 6) is -1.15. The van der Waals surface area contributed by atoms with Crippen LogP contribution in [-0.2, 0) is 4.79 Å². The molecule has 0 spiro atoms. The number of carboxylic acids is 1. The summed E-state index contributed by atoms with van der Waals surface area (Å²) in [6.07, 6.45) is 4.43. The van der Waals surface area contributed by atoms with Crippen molar-refractivity contribution in [3.63, 3.8) is 0 Å². The first kappa shape index (κ1) is 16.5. The van der Waals surface area contributed by atoms with Gasteiger partial charge in [-0.05, 0) is 37.1 Å². The van der Waals surface area contributed by atoms with Gasteiger partial charge in [-0.2, -0.15) is 5.10 Å². The van der Waals surface area contributed by atoms with E-state index < -0.39 is 5.97 Å². The summed E-state index contributed by atoms with van der Waals surface area (Å²) in [7, 11) is 0. The maximum absolute atomic E-state index is 12.5. The SMILES string of the molecule is O=C(O)C1CCN(C(=O)Nc2cc(Br)ccc2-n2cccn2)CC1. The van der Waals surface area contributed by atoms with Gasteiger partial charge in [0.05, 0.1) is 17.3 Å². The third-order valence-corrected chi connectivity index (χ3v) is 4.58. The Bertz CT molecular complexity index is 740. The number of likely N-dealkylation sites (tertiary alicyclic amines) is 1. The fourth-order valence-corrected chi connectivity index (χ4v) is 3.10. The molecule has 1 fully saturated rings. The average Bonchev–Trinajstić information content (AvgIpc) is 3.09. The Balaban J connectivity index is 1.73. The van der Waals surface area contributed by atoms with E-state index in [0.717, 1.165) is 10.2 Å². The molecule has 126 valence electrons. The molecule has 1 aromatic heterocycles. The number of aliphatic carboxylic acids is 1. The standard InChI is InChI=1S/C16H17BrN4O3/c17-12-2-3-14(21-7-1-6-18-21)13(10-12)19-16(24)20-8-4-11(5-9-20)15(22)23/h1-3,6-7,10-11H,4-5,8-9H2,(H,19,24)(H,22,23). The monoisotopic (exact) mass is 392 g/mol. The Hall–Kier alpha value is -2.35. The molecule has 24 heavy (non-hydrogen) atoms. The van der Waals surface area contributed by atoms with Crippen molar-refractivity contribution in [1.29, 1.82) is 0 Å². The summed E-state index contributed by atoms with van der Waals surface area (Å²) in [5.41, 5.74) is 1.40. The molecule has 3 rings (SSSR count). The van der Waals surface area contributed by atoms with Crippen molar-refractivity contribution in [3.8, 4) is 5.69 Å². The summed E-state index contributed by atoms with van der Waals surface area (Å²) < 4.78 is 2.52. The smallest absolute Gasteiger partial charge is 0.321 e. The number of benzene rings is 1. The highest BCUT2D eigenvalue weighted by Gasteiger charge is 2.27. The predicted molar refractivity (Wildman–Crippen MR) is 92.2 cm³/mol. The van der Waals surface area contributed by atoms with Gasteiger partial charge in [-0.1, -0.05) is 15.9 Å². The highest BCUT2D eigenvalue weighted by atomic mass is 79.9. The van der Waals surface area contributed by atoms with E-state index in [1.807, 2.05) is 24.3 Å². The number of piperidine rings is 1. The van der Waals surface area contributed by atoms with Crippen molar-refractivity contribution < 1.29 is 14.7 Å². The van der Waals surface area contributed by atoms with Crippen LogP contribution in [0.15, 0.2) is 41.1 Å². The molecule has 0 unspecified atom stereocenters. The molecular formula is C16H17BrN4O3. The van der Waals surface area contributed by atoms with E-state index in [9.17, 15) is 9.59 Å². The molecule has 8 heteroatoms. The van der Waals surface area contributed by atoms with Gasteiger partial charge in [0.15, 0.2) is 0 Å². The normalized spacial score (nSPS) is 15.3. The zero-order chi connectivity index (χ0) is 17.1. The number of rotatable bonds is 3. The second-order valence-corrected chi connectivity index (χ2v) is 6.56. The Morgan fingerprint density at radius 3 is 2.67 bits per heavy atom. The van der Waals surface area contributed by atoms with Gasteiger partial charge in [0.25, 0.3) is 0 Å². The summed E-state index contributed by atoms with van der Waals surface area (Å²) in [6.45, 7) is 0.877. The number of nitrogens with zero attached hydrogens (tertiary/aromatic N) is 3. The van der Waals surface area contributed by atoms with E-state index >= 15 is 0 Å². The largest absolute Gasteiger partial charge is 0.481 e. The lowest BCUT2D eigenvalue weighted by Gasteiger charge is -2.30. The predicted octanol–water partition coefficient (Wildman–Crippen LogP) is 2.96. The number of carboxylic acid groups (broad SMARTS) is 1. The number of halogens is 1. The first-order valence-corrected chi connectivity index (χ1v) is 8.42. The Morgan fingerprint density at radius 2 is 2.04 bits per heavy atom. The zero-order valence-electron chi connectivity index (χ0n) is 12.9. The molecule has 0 atom stereocenters. The van der Waals surface area contributed by atoms with Crippen LogP contribution in [0.4, 0.5) is 10.5 Å². The summed E-state index contributed by atoms with van der Waals surface area (Å²) in [6, 6.07) is 7.14. The fourth-order valence-electron chi connectivity index (χ4n) is 2.74. The lowest BCUT2D eigenvalue weighted by Crippen LogP contribution is -2.42. The van der Waals surface area contributed by atoms with E-state index in [2.05, 4.69) is 26.3 Å². The van der Waals surface area contributed by atoms with Crippen LogP contribution in [0.5, 0.6) is 0 Å². The number of hydrogen-bond acceptors (Lipinski definition) is 3. The average molecular weight is 393 g/mol. The van der Waals surface area contributed by atoms with Crippen LogP contribution in [0.1, 0.15) is 12.8 Å². The second kappa shape index (κ2) is 7.04. The topological polar surface area (TPSA) is 87.5 Å². The number of anilines is 1. The van der Waals surface area contributed by atoms with Crippen molar-refractivity contribution in [1.82, 2.24) is 14.7 Å². The van der Waals surface area contributed by atoms with Crippen LogP contribution in [0.2, 0.25) is 0 Å². The van der Waals surface area contributed by atoms with Gasteiger partial charge < -0.3 is 15.3 Å². The maximum Gasteiger partial charge on any atom is 0.321 e. The van der Waals surface area contributed by atoms with Gasteiger partial charge in [-0.25, -0.2) is 9.48 Å². The summed E-state index contributed by atoms with van der Waals surface area (Å²) in [4.78, 5) is 25.1. The first-order valence-electron chi connectivity index (χ1n) is 7.63. The number of carbonyl (C=O) groups is 2. The first-order chi connectivity index (χ1) is 11.5. The van der Waals surface area contributed by atoms with Gasteiger partial charge in [0.2, 0.25) is 0 Å². The molecule has 1 aliphatic heterocycles. The molecule has 0 bridgehead atoms. The third-order valence-electron chi connectivity index (χ3n) is 4.08. The van der Waals surface area contributed by atoms with Gasteiger partial charge in [0.1, 0.15) is 0 Å². The summed E-state index contributed by atoms with van der Waals surface area (Å²) >= 11 is 3.41. The van der Waals surface area contributed by atoms with Crippen LogP contribution < -0.4 is 5.32 Å². The Morgan fingerprint density at radius 1 is 1.29 bits per heavy atom. The molecular weight excluding hydrogens is 376 g/mol. The summed E-state index contributed by atoms with van der Waals surface area (Å²) in [5, 5.41) is 16.1. The van der Waals surface area contributed by atoms with E-state index in [0.29, 0.717) is 31.6 Å². The molecule has 2 amide bonds. The highest BCUT2D eigenvalue weighted by Crippen LogP contribution is 2.25. The van der Waals surface area contributed by atoms with Gasteiger partial charge >= 0.3 is 12.0 Å². The van der Waals surface area contributed by atoms with Crippen LogP contribution in [-0.4, -0.2) is 44.9 Å². The molecule has 2 aromatic rings. The van der Waals surface area contributed by atoms with Crippen molar-refractivity contribution in [2.24, 2.45) is 5.92 Å². The van der Waals surface area contributed by atoms with Crippen LogP contribution in [0.25, 0.3) is 5.69 Å². The lowest BCUT2D eigenvalue weighted by atomic mass is 9.97. The molecule has 1 aliphatic rings. The van der Waals surface area contributed by atoms with Gasteiger partial charge in [-0.3, -0.25) is 4.79 Å². The maximum atomic E-state index is 12.5. The van der Waals surface area contributed by atoms with Crippen molar-refractivity contribution >= 4 is 33.6 Å². The third kappa shape index (κ3) is 3.59. The quantitative estimate of drug-likeness (QED) is 0.840. The number of hydrogen-bond donors (Lipinski definition) is 2. The number of urea groups is 1. The Labute approximate surface area is 147 Å². The molecule has 0 aliphatic carbocycles.